The lowest BCUT2D eigenvalue weighted by Gasteiger charge is -2.09. The van der Waals surface area contributed by atoms with E-state index in [0.29, 0.717) is 23.5 Å². The van der Waals surface area contributed by atoms with E-state index in [-0.39, 0.29) is 5.91 Å². The monoisotopic (exact) mass is 412 g/mol. The summed E-state index contributed by atoms with van der Waals surface area (Å²) in [6.07, 6.45) is 6.48. The van der Waals surface area contributed by atoms with E-state index >= 15 is 0 Å². The van der Waals surface area contributed by atoms with Crippen molar-refractivity contribution >= 4 is 17.6 Å². The number of carbonyl (C=O) groups is 2. The van der Waals surface area contributed by atoms with Gasteiger partial charge in [-0.2, -0.15) is 0 Å². The van der Waals surface area contributed by atoms with E-state index in [4.69, 9.17) is 4.74 Å². The highest BCUT2D eigenvalue weighted by Crippen LogP contribution is 2.24. The molecule has 1 amide bonds. The van der Waals surface area contributed by atoms with Gasteiger partial charge < -0.3 is 14.6 Å². The topological polar surface area (TPSA) is 86.1 Å². The number of ether oxygens (including phenoxy) is 1. The third-order valence-corrected chi connectivity index (χ3v) is 4.79. The predicted octanol–water partition coefficient (Wildman–Crippen LogP) is 4.03. The van der Waals surface area contributed by atoms with Gasteiger partial charge in [0.2, 0.25) is 0 Å². The number of esters is 1. The number of aromatic nitrogens is 3. The first kappa shape index (κ1) is 20.0. The second kappa shape index (κ2) is 9.04. The average Bonchev–Trinajstić information content (AvgIpc) is 3.21. The zero-order valence-electron chi connectivity index (χ0n) is 16.9. The van der Waals surface area contributed by atoms with Crippen molar-refractivity contribution in [2.24, 2.45) is 0 Å². The van der Waals surface area contributed by atoms with Gasteiger partial charge in [-0.3, -0.25) is 4.79 Å². The minimum atomic E-state index is -0.474. The fraction of sp³-hybridized carbons (Fsp3) is 0.0833. The van der Waals surface area contributed by atoms with Gasteiger partial charge in [0.25, 0.3) is 5.91 Å². The van der Waals surface area contributed by atoms with Gasteiger partial charge in [0.1, 0.15) is 12.0 Å². The fourth-order valence-corrected chi connectivity index (χ4v) is 3.33. The standard InChI is InChI=1S/C24H20N4O3/c1-31-24(30)22-11-19(15-28(22)14-17-7-3-2-4-8-17)27-23(29)21-10-6-5-9-20(21)18-12-25-16-26-13-18/h2-13,15-16H,14H2,1H3,(H,27,29). The molecule has 7 nitrogen and oxygen atoms in total. The molecule has 0 spiro atoms. The zero-order valence-corrected chi connectivity index (χ0v) is 16.9. The molecular weight excluding hydrogens is 392 g/mol. The highest BCUT2D eigenvalue weighted by atomic mass is 16.5. The van der Waals surface area contributed by atoms with Crippen molar-refractivity contribution in [3.8, 4) is 11.1 Å². The molecule has 7 heteroatoms. The fourth-order valence-electron chi connectivity index (χ4n) is 3.33. The number of nitrogens with one attached hydrogen (secondary N) is 1. The third-order valence-electron chi connectivity index (χ3n) is 4.79. The van der Waals surface area contributed by atoms with E-state index in [9.17, 15) is 9.59 Å². The van der Waals surface area contributed by atoms with Gasteiger partial charge in [-0.15, -0.1) is 0 Å². The molecule has 31 heavy (non-hydrogen) atoms. The van der Waals surface area contributed by atoms with Crippen LogP contribution in [0.4, 0.5) is 5.69 Å². The number of hydrogen-bond donors (Lipinski definition) is 1. The van der Waals surface area contributed by atoms with Gasteiger partial charge in [-0.05, 0) is 23.3 Å². The van der Waals surface area contributed by atoms with Gasteiger partial charge >= 0.3 is 5.97 Å². The summed E-state index contributed by atoms with van der Waals surface area (Å²) in [5, 5.41) is 2.89. The average molecular weight is 412 g/mol. The molecule has 154 valence electrons. The maximum atomic E-state index is 13.0. The quantitative estimate of drug-likeness (QED) is 0.483. The second-order valence-electron chi connectivity index (χ2n) is 6.85. The molecule has 0 aliphatic rings. The Morgan fingerprint density at radius 1 is 1.00 bits per heavy atom. The van der Waals surface area contributed by atoms with Crippen molar-refractivity contribution in [2.75, 3.05) is 12.4 Å². The second-order valence-corrected chi connectivity index (χ2v) is 6.85. The summed E-state index contributed by atoms with van der Waals surface area (Å²) >= 11 is 0. The largest absolute Gasteiger partial charge is 0.464 e. The van der Waals surface area contributed by atoms with Crippen molar-refractivity contribution in [1.82, 2.24) is 14.5 Å². The first-order chi connectivity index (χ1) is 15.2. The number of rotatable bonds is 6. The summed E-state index contributed by atoms with van der Waals surface area (Å²) in [5.41, 5.74) is 3.82. The molecule has 2 aromatic carbocycles. The highest BCUT2D eigenvalue weighted by molar-refractivity contribution is 6.09. The molecule has 0 unspecified atom stereocenters. The summed E-state index contributed by atoms with van der Waals surface area (Å²) in [5.74, 6) is -0.772. The molecule has 0 fully saturated rings. The Morgan fingerprint density at radius 3 is 2.45 bits per heavy atom. The van der Waals surface area contributed by atoms with Gasteiger partial charge in [0.05, 0.1) is 12.8 Å². The number of benzene rings is 2. The van der Waals surface area contributed by atoms with Crippen LogP contribution < -0.4 is 5.32 Å². The molecule has 0 atom stereocenters. The lowest BCUT2D eigenvalue weighted by atomic mass is 10.0. The summed E-state index contributed by atoms with van der Waals surface area (Å²) in [7, 11) is 1.33. The number of methoxy groups -OCH3 is 1. The maximum absolute atomic E-state index is 13.0. The Hall–Kier alpha value is -4.26. The summed E-state index contributed by atoms with van der Waals surface area (Å²) in [4.78, 5) is 33.4. The molecule has 0 aliphatic heterocycles. The minimum Gasteiger partial charge on any atom is -0.464 e. The van der Waals surface area contributed by atoms with Gasteiger partial charge in [-0.1, -0.05) is 48.5 Å². The highest BCUT2D eigenvalue weighted by Gasteiger charge is 2.18. The Kier molecular flexibility index (Phi) is 5.84. The van der Waals surface area contributed by atoms with Crippen LogP contribution in [0.15, 0.2) is 85.6 Å². The van der Waals surface area contributed by atoms with Crippen molar-refractivity contribution in [3.63, 3.8) is 0 Å². The van der Waals surface area contributed by atoms with Crippen molar-refractivity contribution in [2.45, 2.75) is 6.54 Å². The van der Waals surface area contributed by atoms with E-state index < -0.39 is 5.97 Å². The number of hydrogen-bond acceptors (Lipinski definition) is 5. The number of nitrogens with zero attached hydrogens (tertiary/aromatic N) is 3. The normalized spacial score (nSPS) is 10.5. The Bertz CT molecular complexity index is 1200. The van der Waals surface area contributed by atoms with E-state index in [1.807, 2.05) is 42.5 Å². The number of amides is 1. The maximum Gasteiger partial charge on any atom is 0.354 e. The van der Waals surface area contributed by atoms with Crippen LogP contribution in [0.25, 0.3) is 11.1 Å². The molecule has 0 aliphatic carbocycles. The molecule has 0 bridgehead atoms. The third kappa shape index (κ3) is 4.51. The van der Waals surface area contributed by atoms with Crippen LogP contribution in [-0.4, -0.2) is 33.5 Å². The van der Waals surface area contributed by atoms with Crippen molar-refractivity contribution in [3.05, 3.63) is 102 Å². The SMILES string of the molecule is COC(=O)c1cc(NC(=O)c2ccccc2-c2cncnc2)cn1Cc1ccccc1. The summed E-state index contributed by atoms with van der Waals surface area (Å²) in [6.45, 7) is 0.471. The first-order valence-electron chi connectivity index (χ1n) is 9.64. The van der Waals surface area contributed by atoms with Crippen molar-refractivity contribution < 1.29 is 14.3 Å². The van der Waals surface area contributed by atoms with Crippen LogP contribution in [0.5, 0.6) is 0 Å². The van der Waals surface area contributed by atoms with E-state index in [0.717, 1.165) is 16.7 Å². The van der Waals surface area contributed by atoms with Crippen LogP contribution in [0, 0.1) is 0 Å². The first-order valence-corrected chi connectivity index (χ1v) is 9.64. The van der Waals surface area contributed by atoms with Gasteiger partial charge in [-0.25, -0.2) is 14.8 Å². The Morgan fingerprint density at radius 2 is 1.71 bits per heavy atom. The molecule has 0 saturated heterocycles. The molecular formula is C24H20N4O3. The minimum absolute atomic E-state index is 0.298. The molecule has 2 heterocycles. The lowest BCUT2D eigenvalue weighted by Crippen LogP contribution is -2.12. The smallest absolute Gasteiger partial charge is 0.354 e. The molecule has 0 radical (unpaired) electrons. The predicted molar refractivity (Wildman–Crippen MR) is 117 cm³/mol. The lowest BCUT2D eigenvalue weighted by molar-refractivity contribution is 0.0589. The van der Waals surface area contributed by atoms with E-state index in [1.54, 1.807) is 41.4 Å². The molecule has 1 N–H and O–H groups in total. The molecule has 2 aromatic heterocycles. The molecule has 4 rings (SSSR count). The molecule has 4 aromatic rings. The summed E-state index contributed by atoms with van der Waals surface area (Å²) in [6, 6.07) is 18.6. The zero-order chi connectivity index (χ0) is 21.6. The van der Waals surface area contributed by atoms with Gasteiger partial charge in [0.15, 0.2) is 0 Å². The van der Waals surface area contributed by atoms with Crippen LogP contribution in [0.1, 0.15) is 26.4 Å². The number of carbonyl (C=O) groups excluding carboxylic acids is 2. The number of anilines is 1. The van der Waals surface area contributed by atoms with E-state index in [2.05, 4.69) is 15.3 Å². The Balaban J connectivity index is 1.63. The van der Waals surface area contributed by atoms with Crippen LogP contribution in [-0.2, 0) is 11.3 Å². The van der Waals surface area contributed by atoms with Crippen LogP contribution >= 0.6 is 0 Å². The van der Waals surface area contributed by atoms with Crippen LogP contribution in [0.2, 0.25) is 0 Å². The van der Waals surface area contributed by atoms with Gasteiger partial charge in [0, 0.05) is 36.3 Å². The molecule has 0 saturated carbocycles. The summed E-state index contributed by atoms with van der Waals surface area (Å²) < 4.78 is 6.67. The van der Waals surface area contributed by atoms with E-state index in [1.165, 1.54) is 13.4 Å². The van der Waals surface area contributed by atoms with Crippen LogP contribution in [0.3, 0.4) is 0 Å². The van der Waals surface area contributed by atoms with Crippen molar-refractivity contribution in [1.29, 1.82) is 0 Å². The Labute approximate surface area is 179 Å².